The number of hydrogen-bond donors (Lipinski definition) is 1. The Morgan fingerprint density at radius 2 is 2.07 bits per heavy atom. The SMILES string of the molecule is OCC1(Oc2ccc(Br)cc2Br)CC1. The first-order chi connectivity index (χ1) is 6.65. The number of hydrogen-bond acceptors (Lipinski definition) is 2. The molecule has 1 N–H and O–H groups in total. The largest absolute Gasteiger partial charge is 0.484 e. The number of benzene rings is 1. The van der Waals surface area contributed by atoms with Crippen LogP contribution < -0.4 is 4.74 Å². The van der Waals surface area contributed by atoms with E-state index in [2.05, 4.69) is 31.9 Å². The van der Waals surface area contributed by atoms with E-state index in [0.29, 0.717) is 0 Å². The summed E-state index contributed by atoms with van der Waals surface area (Å²) in [6, 6.07) is 5.75. The summed E-state index contributed by atoms with van der Waals surface area (Å²) < 4.78 is 7.64. The molecule has 0 spiro atoms. The summed E-state index contributed by atoms with van der Waals surface area (Å²) in [6.07, 6.45) is 1.87. The Kier molecular flexibility index (Phi) is 2.86. The summed E-state index contributed by atoms with van der Waals surface area (Å²) >= 11 is 6.79. The molecule has 1 fully saturated rings. The van der Waals surface area contributed by atoms with E-state index in [-0.39, 0.29) is 12.2 Å². The Morgan fingerprint density at radius 3 is 2.57 bits per heavy atom. The molecule has 1 aliphatic carbocycles. The highest BCUT2D eigenvalue weighted by atomic mass is 79.9. The van der Waals surface area contributed by atoms with Crippen LogP contribution in [0.1, 0.15) is 12.8 Å². The zero-order valence-corrected chi connectivity index (χ0v) is 10.6. The van der Waals surface area contributed by atoms with Crippen molar-refractivity contribution in [1.82, 2.24) is 0 Å². The number of halogens is 2. The van der Waals surface area contributed by atoms with Crippen molar-refractivity contribution in [1.29, 1.82) is 0 Å². The molecule has 2 nitrogen and oxygen atoms in total. The molecule has 0 unspecified atom stereocenters. The first-order valence-corrected chi connectivity index (χ1v) is 5.99. The lowest BCUT2D eigenvalue weighted by Gasteiger charge is -2.16. The van der Waals surface area contributed by atoms with Gasteiger partial charge in [0.15, 0.2) is 0 Å². The van der Waals surface area contributed by atoms with Gasteiger partial charge in [-0.25, -0.2) is 0 Å². The van der Waals surface area contributed by atoms with E-state index in [4.69, 9.17) is 9.84 Å². The molecular formula is C10H10Br2O2. The molecule has 0 atom stereocenters. The van der Waals surface area contributed by atoms with E-state index in [1.165, 1.54) is 0 Å². The first-order valence-electron chi connectivity index (χ1n) is 4.40. The van der Waals surface area contributed by atoms with Crippen LogP contribution in [0, 0.1) is 0 Å². The van der Waals surface area contributed by atoms with Crippen LogP contribution >= 0.6 is 31.9 Å². The van der Waals surface area contributed by atoms with Crippen molar-refractivity contribution < 1.29 is 9.84 Å². The molecule has 2 rings (SSSR count). The Morgan fingerprint density at radius 1 is 1.36 bits per heavy atom. The van der Waals surface area contributed by atoms with Crippen LogP contribution in [0.25, 0.3) is 0 Å². The lowest BCUT2D eigenvalue weighted by molar-refractivity contribution is 0.0946. The van der Waals surface area contributed by atoms with Crippen molar-refractivity contribution in [2.75, 3.05) is 6.61 Å². The molecular weight excluding hydrogens is 312 g/mol. The predicted octanol–water partition coefficient (Wildman–Crippen LogP) is 3.12. The van der Waals surface area contributed by atoms with E-state index in [9.17, 15) is 0 Å². The molecule has 0 saturated heterocycles. The molecule has 1 saturated carbocycles. The van der Waals surface area contributed by atoms with Crippen molar-refractivity contribution in [2.24, 2.45) is 0 Å². The van der Waals surface area contributed by atoms with E-state index in [1.807, 2.05) is 18.2 Å². The topological polar surface area (TPSA) is 29.5 Å². The third kappa shape index (κ3) is 2.12. The highest BCUT2D eigenvalue weighted by Gasteiger charge is 2.45. The fraction of sp³-hybridized carbons (Fsp3) is 0.400. The molecule has 0 bridgehead atoms. The smallest absolute Gasteiger partial charge is 0.134 e. The van der Waals surface area contributed by atoms with E-state index in [1.54, 1.807) is 0 Å². The highest BCUT2D eigenvalue weighted by molar-refractivity contribution is 9.11. The lowest BCUT2D eigenvalue weighted by Crippen LogP contribution is -2.22. The zero-order valence-electron chi connectivity index (χ0n) is 7.46. The van der Waals surface area contributed by atoms with Crippen molar-refractivity contribution >= 4 is 31.9 Å². The predicted molar refractivity (Wildman–Crippen MR) is 61.5 cm³/mol. The van der Waals surface area contributed by atoms with Crippen LogP contribution in [-0.2, 0) is 0 Å². The van der Waals surface area contributed by atoms with Gasteiger partial charge in [0.1, 0.15) is 11.4 Å². The molecule has 14 heavy (non-hydrogen) atoms. The van der Waals surface area contributed by atoms with Crippen molar-refractivity contribution in [3.63, 3.8) is 0 Å². The van der Waals surface area contributed by atoms with Crippen molar-refractivity contribution in [2.45, 2.75) is 18.4 Å². The minimum atomic E-state index is -0.309. The normalized spacial score (nSPS) is 17.9. The molecule has 76 valence electrons. The van der Waals surface area contributed by atoms with Crippen molar-refractivity contribution in [3.8, 4) is 5.75 Å². The van der Waals surface area contributed by atoms with Crippen LogP contribution in [0.4, 0.5) is 0 Å². The zero-order chi connectivity index (χ0) is 10.2. The summed E-state index contributed by atoms with van der Waals surface area (Å²) in [4.78, 5) is 0. The maximum atomic E-state index is 9.11. The van der Waals surface area contributed by atoms with Gasteiger partial charge in [0.2, 0.25) is 0 Å². The van der Waals surface area contributed by atoms with Gasteiger partial charge >= 0.3 is 0 Å². The standard InChI is InChI=1S/C10H10Br2O2/c11-7-1-2-9(8(12)5-7)14-10(6-13)3-4-10/h1-2,5,13H,3-4,6H2. The molecule has 1 aliphatic rings. The molecule has 0 aromatic heterocycles. The molecule has 4 heteroatoms. The van der Waals surface area contributed by atoms with Gasteiger partial charge in [0.05, 0.1) is 11.1 Å². The average molecular weight is 322 g/mol. The first kappa shape index (κ1) is 10.5. The van der Waals surface area contributed by atoms with Gasteiger partial charge in [-0.1, -0.05) is 15.9 Å². The quantitative estimate of drug-likeness (QED) is 0.927. The van der Waals surface area contributed by atoms with Crippen LogP contribution in [-0.4, -0.2) is 17.3 Å². The maximum absolute atomic E-state index is 9.11. The van der Waals surface area contributed by atoms with Gasteiger partial charge in [0, 0.05) is 4.47 Å². The second kappa shape index (κ2) is 3.83. The Bertz CT molecular complexity index is 348. The van der Waals surface area contributed by atoms with Crippen molar-refractivity contribution in [3.05, 3.63) is 27.1 Å². The Hall–Kier alpha value is -0.0600. The van der Waals surface area contributed by atoms with Crippen LogP contribution in [0.3, 0.4) is 0 Å². The van der Waals surface area contributed by atoms with Gasteiger partial charge in [-0.15, -0.1) is 0 Å². The summed E-state index contributed by atoms with van der Waals surface area (Å²) in [6.45, 7) is 0.0928. The fourth-order valence-electron chi connectivity index (χ4n) is 1.22. The third-order valence-electron chi connectivity index (χ3n) is 2.32. The van der Waals surface area contributed by atoms with E-state index >= 15 is 0 Å². The van der Waals surface area contributed by atoms with Gasteiger partial charge in [-0.2, -0.15) is 0 Å². The minimum absolute atomic E-state index is 0.0928. The third-order valence-corrected chi connectivity index (χ3v) is 3.43. The average Bonchev–Trinajstić information content (AvgIpc) is 2.91. The molecule has 0 amide bonds. The molecule has 0 aliphatic heterocycles. The fourth-order valence-corrected chi connectivity index (χ4v) is 2.35. The van der Waals surface area contributed by atoms with Gasteiger partial charge in [0.25, 0.3) is 0 Å². The second-order valence-corrected chi connectivity index (χ2v) is 5.29. The molecule has 1 aromatic rings. The van der Waals surface area contributed by atoms with Crippen LogP contribution in [0.2, 0.25) is 0 Å². The monoisotopic (exact) mass is 320 g/mol. The maximum Gasteiger partial charge on any atom is 0.134 e. The van der Waals surface area contributed by atoms with E-state index < -0.39 is 0 Å². The summed E-state index contributed by atoms with van der Waals surface area (Å²) in [7, 11) is 0. The Balaban J connectivity index is 2.17. The number of rotatable bonds is 3. The Labute approximate surface area is 99.5 Å². The summed E-state index contributed by atoms with van der Waals surface area (Å²) in [5.41, 5.74) is -0.309. The highest BCUT2D eigenvalue weighted by Crippen LogP contribution is 2.42. The summed E-state index contributed by atoms with van der Waals surface area (Å²) in [5.74, 6) is 0.791. The van der Waals surface area contributed by atoms with E-state index in [0.717, 1.165) is 27.5 Å². The van der Waals surface area contributed by atoms with Gasteiger partial charge in [-0.05, 0) is 47.0 Å². The van der Waals surface area contributed by atoms with Gasteiger partial charge in [-0.3, -0.25) is 0 Å². The van der Waals surface area contributed by atoms with Crippen LogP contribution in [0.5, 0.6) is 5.75 Å². The number of ether oxygens (including phenoxy) is 1. The number of aliphatic hydroxyl groups excluding tert-OH is 1. The number of aliphatic hydroxyl groups is 1. The molecule has 0 heterocycles. The lowest BCUT2D eigenvalue weighted by atomic mass is 10.3. The second-order valence-electron chi connectivity index (χ2n) is 3.52. The summed E-state index contributed by atoms with van der Waals surface area (Å²) in [5, 5.41) is 9.11. The van der Waals surface area contributed by atoms with Crippen LogP contribution in [0.15, 0.2) is 27.1 Å². The van der Waals surface area contributed by atoms with Gasteiger partial charge < -0.3 is 9.84 Å². The molecule has 1 aromatic carbocycles. The molecule has 0 radical (unpaired) electrons. The minimum Gasteiger partial charge on any atom is -0.484 e.